The molecule has 0 spiro atoms. The first-order valence-corrected chi connectivity index (χ1v) is 5.06. The molecule has 0 aromatic carbocycles. The first-order chi connectivity index (χ1) is 6.22. The molecule has 1 fully saturated rings. The van der Waals surface area contributed by atoms with Gasteiger partial charge in [-0.3, -0.25) is 0 Å². The summed E-state index contributed by atoms with van der Waals surface area (Å²) in [6.07, 6.45) is 2.29. The second-order valence-corrected chi connectivity index (χ2v) is 4.44. The third-order valence-corrected chi connectivity index (χ3v) is 3.12. The molecule has 1 aliphatic carbocycles. The second kappa shape index (κ2) is 3.29. The van der Waals surface area contributed by atoms with Crippen LogP contribution in [0.15, 0.2) is 5.16 Å². The van der Waals surface area contributed by atoms with E-state index in [1.165, 1.54) is 5.71 Å². The molecule has 1 saturated carbocycles. The van der Waals surface area contributed by atoms with E-state index in [0.717, 1.165) is 12.8 Å². The highest BCUT2D eigenvalue weighted by Crippen LogP contribution is 2.39. The van der Waals surface area contributed by atoms with Gasteiger partial charge in [-0.2, -0.15) is 0 Å². The number of hydrogen-bond acceptors (Lipinski definition) is 3. The van der Waals surface area contributed by atoms with Crippen molar-refractivity contribution in [2.45, 2.75) is 32.8 Å². The fourth-order valence-corrected chi connectivity index (χ4v) is 2.41. The van der Waals surface area contributed by atoms with E-state index in [1.807, 2.05) is 0 Å². The van der Waals surface area contributed by atoms with Gasteiger partial charge in [-0.25, -0.2) is 0 Å². The van der Waals surface area contributed by atoms with Crippen molar-refractivity contribution in [2.75, 3.05) is 6.61 Å². The number of aliphatic hydroxyl groups is 1. The summed E-state index contributed by atoms with van der Waals surface area (Å²) in [6.45, 7) is 4.59. The molecule has 0 radical (unpaired) electrons. The number of hydrogen-bond donors (Lipinski definition) is 1. The first kappa shape index (κ1) is 9.00. The fourth-order valence-electron chi connectivity index (χ4n) is 2.41. The maximum Gasteiger partial charge on any atom is 0.136 e. The Bertz CT molecular complexity index is 225. The Morgan fingerprint density at radius 3 is 2.92 bits per heavy atom. The zero-order valence-electron chi connectivity index (χ0n) is 8.23. The molecule has 3 heteroatoms. The average Bonchev–Trinajstić information content (AvgIpc) is 2.59. The highest BCUT2D eigenvalue weighted by molar-refractivity contribution is 5.89. The highest BCUT2D eigenvalue weighted by atomic mass is 16.6. The normalized spacial score (nSPS) is 37.5. The molecule has 3 atom stereocenters. The lowest BCUT2D eigenvalue weighted by molar-refractivity contribution is 0.0684. The largest absolute Gasteiger partial charge is 0.396 e. The van der Waals surface area contributed by atoms with Gasteiger partial charge < -0.3 is 9.94 Å². The van der Waals surface area contributed by atoms with Crippen molar-refractivity contribution in [3.8, 4) is 0 Å². The molecule has 1 N–H and O–H groups in total. The van der Waals surface area contributed by atoms with Gasteiger partial charge in [0.25, 0.3) is 0 Å². The zero-order valence-corrected chi connectivity index (χ0v) is 8.23. The Hall–Kier alpha value is -0.570. The van der Waals surface area contributed by atoms with Crippen LogP contribution in [0.5, 0.6) is 0 Å². The Balaban J connectivity index is 2.05. The number of oxime groups is 1. The standard InChI is InChI=1S/C10H17NO2/c1-6(2)10-8-3-7(5-12)4-9(8)13-11-10/h6-9,12H,3-5H2,1-2H3. The lowest BCUT2D eigenvalue weighted by atomic mass is 9.92. The molecule has 3 unspecified atom stereocenters. The molecule has 0 saturated heterocycles. The van der Waals surface area contributed by atoms with Gasteiger partial charge in [0.1, 0.15) is 6.10 Å². The van der Waals surface area contributed by atoms with Crippen LogP contribution in [0.25, 0.3) is 0 Å². The van der Waals surface area contributed by atoms with E-state index in [9.17, 15) is 0 Å². The zero-order chi connectivity index (χ0) is 9.42. The summed E-state index contributed by atoms with van der Waals surface area (Å²) in [5, 5.41) is 13.2. The van der Waals surface area contributed by atoms with Gasteiger partial charge in [0.2, 0.25) is 0 Å². The molecular formula is C10H17NO2. The predicted octanol–water partition coefficient (Wildman–Crippen LogP) is 1.42. The van der Waals surface area contributed by atoms with Crippen molar-refractivity contribution in [2.24, 2.45) is 22.9 Å². The lowest BCUT2D eigenvalue weighted by Gasteiger charge is -2.11. The molecule has 0 amide bonds. The summed E-state index contributed by atoms with van der Waals surface area (Å²) < 4.78 is 0. The van der Waals surface area contributed by atoms with Crippen LogP contribution >= 0.6 is 0 Å². The quantitative estimate of drug-likeness (QED) is 0.703. The van der Waals surface area contributed by atoms with Gasteiger partial charge in [0.15, 0.2) is 0 Å². The van der Waals surface area contributed by atoms with Crippen molar-refractivity contribution in [3.63, 3.8) is 0 Å². The number of fused-ring (bicyclic) bond motifs is 1. The van der Waals surface area contributed by atoms with E-state index < -0.39 is 0 Å². The third kappa shape index (κ3) is 1.46. The molecule has 1 aliphatic heterocycles. The Labute approximate surface area is 78.8 Å². The van der Waals surface area contributed by atoms with Crippen molar-refractivity contribution < 1.29 is 9.94 Å². The Morgan fingerprint density at radius 2 is 2.31 bits per heavy atom. The monoisotopic (exact) mass is 183 g/mol. The maximum atomic E-state index is 9.05. The third-order valence-electron chi connectivity index (χ3n) is 3.12. The summed E-state index contributed by atoms with van der Waals surface area (Å²) in [5.41, 5.74) is 1.20. The van der Waals surface area contributed by atoms with Crippen molar-refractivity contribution in [1.82, 2.24) is 0 Å². The summed E-state index contributed by atoms with van der Waals surface area (Å²) in [7, 11) is 0. The van der Waals surface area contributed by atoms with Crippen LogP contribution in [0.1, 0.15) is 26.7 Å². The SMILES string of the molecule is CC(C)C1=NOC2CC(CO)CC12. The van der Waals surface area contributed by atoms with Crippen LogP contribution < -0.4 is 0 Å². The molecule has 1 heterocycles. The van der Waals surface area contributed by atoms with Gasteiger partial charge >= 0.3 is 0 Å². The van der Waals surface area contributed by atoms with Gasteiger partial charge in [-0.15, -0.1) is 0 Å². The summed E-state index contributed by atoms with van der Waals surface area (Å²) in [6, 6.07) is 0. The average molecular weight is 183 g/mol. The van der Waals surface area contributed by atoms with Gasteiger partial charge in [-0.1, -0.05) is 19.0 Å². The van der Waals surface area contributed by atoms with Crippen molar-refractivity contribution >= 4 is 5.71 Å². The number of nitrogens with zero attached hydrogens (tertiary/aromatic N) is 1. The van der Waals surface area contributed by atoms with Gasteiger partial charge in [0.05, 0.1) is 5.71 Å². The number of rotatable bonds is 2. The molecule has 13 heavy (non-hydrogen) atoms. The summed E-state index contributed by atoms with van der Waals surface area (Å²) in [5.74, 6) is 1.39. The van der Waals surface area contributed by atoms with Crippen LogP contribution in [0.2, 0.25) is 0 Å². The van der Waals surface area contributed by atoms with E-state index in [0.29, 0.717) is 24.4 Å². The van der Waals surface area contributed by atoms with E-state index >= 15 is 0 Å². The van der Waals surface area contributed by atoms with Crippen LogP contribution in [0, 0.1) is 17.8 Å². The van der Waals surface area contributed by atoms with Crippen LogP contribution in [0.4, 0.5) is 0 Å². The minimum atomic E-state index is 0.259. The maximum absolute atomic E-state index is 9.05. The fraction of sp³-hybridized carbons (Fsp3) is 0.900. The van der Waals surface area contributed by atoms with Gasteiger partial charge in [0, 0.05) is 12.5 Å². The first-order valence-electron chi connectivity index (χ1n) is 5.06. The smallest absolute Gasteiger partial charge is 0.136 e. The summed E-state index contributed by atoms with van der Waals surface area (Å²) >= 11 is 0. The number of aliphatic hydroxyl groups excluding tert-OH is 1. The van der Waals surface area contributed by atoms with Crippen LogP contribution in [-0.2, 0) is 4.84 Å². The van der Waals surface area contributed by atoms with E-state index in [1.54, 1.807) is 0 Å². The van der Waals surface area contributed by atoms with E-state index in [4.69, 9.17) is 9.94 Å². The van der Waals surface area contributed by atoms with Crippen molar-refractivity contribution in [1.29, 1.82) is 0 Å². The molecule has 2 aliphatic rings. The summed E-state index contributed by atoms with van der Waals surface area (Å²) in [4.78, 5) is 5.36. The molecule has 0 bridgehead atoms. The van der Waals surface area contributed by atoms with E-state index in [-0.39, 0.29) is 6.10 Å². The van der Waals surface area contributed by atoms with Crippen LogP contribution in [0.3, 0.4) is 0 Å². The topological polar surface area (TPSA) is 41.8 Å². The van der Waals surface area contributed by atoms with Crippen LogP contribution in [-0.4, -0.2) is 23.5 Å². The highest BCUT2D eigenvalue weighted by Gasteiger charge is 2.43. The van der Waals surface area contributed by atoms with Gasteiger partial charge in [-0.05, 0) is 24.7 Å². The predicted molar refractivity (Wildman–Crippen MR) is 50.4 cm³/mol. The Morgan fingerprint density at radius 1 is 1.54 bits per heavy atom. The minimum absolute atomic E-state index is 0.259. The Kier molecular flexibility index (Phi) is 2.28. The van der Waals surface area contributed by atoms with E-state index in [2.05, 4.69) is 19.0 Å². The molecule has 3 nitrogen and oxygen atoms in total. The van der Waals surface area contributed by atoms with Crippen molar-refractivity contribution in [3.05, 3.63) is 0 Å². The molecule has 0 aromatic rings. The molecular weight excluding hydrogens is 166 g/mol. The molecule has 0 aromatic heterocycles. The second-order valence-electron chi connectivity index (χ2n) is 4.44. The molecule has 2 rings (SSSR count). The molecule has 74 valence electrons. The minimum Gasteiger partial charge on any atom is -0.396 e. The lowest BCUT2D eigenvalue weighted by Crippen LogP contribution is -2.20.